The van der Waals surface area contributed by atoms with E-state index in [0.717, 1.165) is 20.7 Å². The summed E-state index contributed by atoms with van der Waals surface area (Å²) in [6.45, 7) is 4.71. The van der Waals surface area contributed by atoms with Gasteiger partial charge >= 0.3 is 0 Å². The lowest BCUT2D eigenvalue weighted by Gasteiger charge is -2.31. The summed E-state index contributed by atoms with van der Waals surface area (Å²) >= 11 is 9.87. The Bertz CT molecular complexity index is 622. The number of likely N-dealkylation sites (N-methyl/N-ethyl adjacent to an activating group) is 1. The van der Waals surface area contributed by atoms with E-state index in [1.165, 1.54) is 11.1 Å². The molecule has 0 fully saturated rings. The molecule has 112 valence electrons. The first-order valence-corrected chi connectivity index (χ1v) is 8.05. The molecule has 0 spiro atoms. The van der Waals surface area contributed by atoms with Gasteiger partial charge in [0.05, 0.1) is 6.04 Å². The summed E-state index contributed by atoms with van der Waals surface area (Å²) in [5.41, 5.74) is 10.7. The SMILES string of the molecule is Cc1cc(C)cc(N(C)C(CN)c2cc(Br)ccc2Cl)c1. The summed E-state index contributed by atoms with van der Waals surface area (Å²) in [5, 5.41) is 0.741. The second-order valence-corrected chi connectivity index (χ2v) is 6.70. The highest BCUT2D eigenvalue weighted by atomic mass is 79.9. The van der Waals surface area contributed by atoms with Crippen molar-refractivity contribution in [2.75, 3.05) is 18.5 Å². The molecule has 0 aromatic heterocycles. The standard InChI is InChI=1S/C17H20BrClN2/c1-11-6-12(2)8-14(7-11)21(3)17(10-20)15-9-13(18)4-5-16(15)19/h4-9,17H,10,20H2,1-3H3. The van der Waals surface area contributed by atoms with Crippen LogP contribution in [-0.4, -0.2) is 13.6 Å². The second-order valence-electron chi connectivity index (χ2n) is 5.37. The van der Waals surface area contributed by atoms with Gasteiger partial charge in [0.25, 0.3) is 0 Å². The molecule has 0 amide bonds. The minimum absolute atomic E-state index is 0.0381. The zero-order chi connectivity index (χ0) is 15.6. The molecule has 2 nitrogen and oxygen atoms in total. The lowest BCUT2D eigenvalue weighted by atomic mass is 10.0. The third-order valence-corrected chi connectivity index (χ3v) is 4.46. The molecule has 0 radical (unpaired) electrons. The molecule has 0 saturated carbocycles. The number of benzene rings is 2. The van der Waals surface area contributed by atoms with Gasteiger partial charge in [-0.1, -0.05) is 33.6 Å². The number of rotatable bonds is 4. The molecule has 2 N–H and O–H groups in total. The van der Waals surface area contributed by atoms with E-state index < -0.39 is 0 Å². The van der Waals surface area contributed by atoms with Gasteiger partial charge in [-0.3, -0.25) is 0 Å². The van der Waals surface area contributed by atoms with E-state index >= 15 is 0 Å². The maximum absolute atomic E-state index is 6.36. The topological polar surface area (TPSA) is 29.3 Å². The van der Waals surface area contributed by atoms with Crippen LogP contribution < -0.4 is 10.6 Å². The predicted octanol–water partition coefficient (Wildman–Crippen LogP) is 4.86. The fourth-order valence-corrected chi connectivity index (χ4v) is 3.22. The molecule has 0 heterocycles. The van der Waals surface area contributed by atoms with E-state index in [9.17, 15) is 0 Å². The summed E-state index contributed by atoms with van der Waals surface area (Å²) in [4.78, 5) is 2.19. The second kappa shape index (κ2) is 6.82. The van der Waals surface area contributed by atoms with Gasteiger partial charge in [-0.2, -0.15) is 0 Å². The number of halogens is 2. The number of nitrogens with zero attached hydrogens (tertiary/aromatic N) is 1. The van der Waals surface area contributed by atoms with Crippen LogP contribution in [0.1, 0.15) is 22.7 Å². The van der Waals surface area contributed by atoms with Crippen LogP contribution in [0.2, 0.25) is 5.02 Å². The highest BCUT2D eigenvalue weighted by Gasteiger charge is 2.19. The quantitative estimate of drug-likeness (QED) is 0.836. The Morgan fingerprint density at radius 2 is 1.76 bits per heavy atom. The molecule has 0 aliphatic rings. The average Bonchev–Trinajstić information content (AvgIpc) is 2.42. The van der Waals surface area contributed by atoms with Crippen molar-refractivity contribution in [1.29, 1.82) is 0 Å². The fourth-order valence-electron chi connectivity index (χ4n) is 2.60. The van der Waals surface area contributed by atoms with Crippen LogP contribution in [0.4, 0.5) is 5.69 Å². The Hall–Kier alpha value is -1.03. The van der Waals surface area contributed by atoms with Crippen LogP contribution in [0.15, 0.2) is 40.9 Å². The molecule has 0 aliphatic heterocycles. The monoisotopic (exact) mass is 366 g/mol. The summed E-state index contributed by atoms with van der Waals surface area (Å²) in [7, 11) is 2.06. The normalized spacial score (nSPS) is 12.3. The van der Waals surface area contributed by atoms with Crippen LogP contribution in [0.25, 0.3) is 0 Å². The van der Waals surface area contributed by atoms with E-state index in [1.54, 1.807) is 0 Å². The lowest BCUT2D eigenvalue weighted by Crippen LogP contribution is -2.30. The fraction of sp³-hybridized carbons (Fsp3) is 0.294. The van der Waals surface area contributed by atoms with Crippen LogP contribution in [0.5, 0.6) is 0 Å². The molecule has 2 rings (SSSR count). The van der Waals surface area contributed by atoms with Crippen molar-refractivity contribution in [3.63, 3.8) is 0 Å². The van der Waals surface area contributed by atoms with E-state index in [0.29, 0.717) is 6.54 Å². The predicted molar refractivity (Wildman–Crippen MR) is 95.3 cm³/mol. The molecule has 21 heavy (non-hydrogen) atoms. The molecular weight excluding hydrogens is 348 g/mol. The Morgan fingerprint density at radius 3 is 2.33 bits per heavy atom. The highest BCUT2D eigenvalue weighted by Crippen LogP contribution is 2.32. The largest absolute Gasteiger partial charge is 0.366 e. The minimum atomic E-state index is 0.0381. The van der Waals surface area contributed by atoms with Crippen LogP contribution >= 0.6 is 27.5 Å². The first-order chi connectivity index (χ1) is 9.92. The molecule has 1 atom stereocenters. The van der Waals surface area contributed by atoms with Gasteiger partial charge in [-0.25, -0.2) is 0 Å². The van der Waals surface area contributed by atoms with Crippen LogP contribution in [0, 0.1) is 13.8 Å². The maximum atomic E-state index is 6.36. The minimum Gasteiger partial charge on any atom is -0.366 e. The smallest absolute Gasteiger partial charge is 0.0676 e. The van der Waals surface area contributed by atoms with Gasteiger partial charge in [0.2, 0.25) is 0 Å². The van der Waals surface area contributed by atoms with E-state index in [1.807, 2.05) is 18.2 Å². The molecule has 2 aromatic carbocycles. The summed E-state index contributed by atoms with van der Waals surface area (Å²) < 4.78 is 1.01. The van der Waals surface area contributed by atoms with Crippen molar-refractivity contribution in [1.82, 2.24) is 0 Å². The van der Waals surface area contributed by atoms with Crippen LogP contribution in [-0.2, 0) is 0 Å². The van der Waals surface area contributed by atoms with Gasteiger partial charge in [0.1, 0.15) is 0 Å². The number of hydrogen-bond acceptors (Lipinski definition) is 2. The zero-order valence-electron chi connectivity index (χ0n) is 12.5. The Kier molecular flexibility index (Phi) is 5.31. The summed E-state index contributed by atoms with van der Waals surface area (Å²) in [5.74, 6) is 0. The maximum Gasteiger partial charge on any atom is 0.0676 e. The summed E-state index contributed by atoms with van der Waals surface area (Å²) in [6, 6.07) is 12.4. The third kappa shape index (κ3) is 3.79. The van der Waals surface area contributed by atoms with Gasteiger partial charge < -0.3 is 10.6 Å². The first-order valence-electron chi connectivity index (χ1n) is 6.88. The third-order valence-electron chi connectivity index (χ3n) is 3.62. The van der Waals surface area contributed by atoms with E-state index in [4.69, 9.17) is 17.3 Å². The van der Waals surface area contributed by atoms with Gasteiger partial charge in [0.15, 0.2) is 0 Å². The Labute approximate surface area is 140 Å². The van der Waals surface area contributed by atoms with Crippen molar-refractivity contribution in [3.8, 4) is 0 Å². The van der Waals surface area contributed by atoms with Gasteiger partial charge in [-0.05, 0) is 60.9 Å². The number of anilines is 1. The number of nitrogens with two attached hydrogens (primary N) is 1. The van der Waals surface area contributed by atoms with E-state index in [-0.39, 0.29) is 6.04 Å². The van der Waals surface area contributed by atoms with Crippen molar-refractivity contribution in [2.24, 2.45) is 5.73 Å². The van der Waals surface area contributed by atoms with E-state index in [2.05, 4.69) is 59.9 Å². The molecule has 0 saturated heterocycles. The zero-order valence-corrected chi connectivity index (χ0v) is 14.9. The van der Waals surface area contributed by atoms with Gasteiger partial charge in [-0.15, -0.1) is 0 Å². The van der Waals surface area contributed by atoms with Gasteiger partial charge in [0, 0.05) is 28.8 Å². The lowest BCUT2D eigenvalue weighted by molar-refractivity contribution is 0.680. The molecule has 4 heteroatoms. The summed E-state index contributed by atoms with van der Waals surface area (Å²) in [6.07, 6.45) is 0. The highest BCUT2D eigenvalue weighted by molar-refractivity contribution is 9.10. The first kappa shape index (κ1) is 16.3. The molecular formula is C17H20BrClN2. The molecule has 0 aliphatic carbocycles. The molecule has 2 aromatic rings. The van der Waals surface area contributed by atoms with Crippen molar-refractivity contribution in [3.05, 3.63) is 62.6 Å². The Morgan fingerprint density at radius 1 is 1.14 bits per heavy atom. The molecule has 0 bridgehead atoms. The Balaban J connectivity index is 2.42. The van der Waals surface area contributed by atoms with Crippen LogP contribution in [0.3, 0.4) is 0 Å². The average molecular weight is 368 g/mol. The van der Waals surface area contributed by atoms with Crippen molar-refractivity contribution in [2.45, 2.75) is 19.9 Å². The number of hydrogen-bond donors (Lipinski definition) is 1. The van der Waals surface area contributed by atoms with Crippen molar-refractivity contribution < 1.29 is 0 Å². The van der Waals surface area contributed by atoms with Crippen molar-refractivity contribution >= 4 is 33.2 Å². The number of aryl methyl sites for hydroxylation is 2. The molecule has 1 unspecified atom stereocenters.